The number of para-hydroxylation sites is 1. The van der Waals surface area contributed by atoms with Crippen molar-refractivity contribution in [2.24, 2.45) is 5.41 Å². The number of benzene rings is 2. The van der Waals surface area contributed by atoms with E-state index < -0.39 is 10.0 Å². The van der Waals surface area contributed by atoms with Crippen LogP contribution >= 0.6 is 0 Å². The molecule has 0 aromatic heterocycles. The average Bonchev–Trinajstić information content (AvgIpc) is 3.01. The fourth-order valence-corrected chi connectivity index (χ4v) is 4.09. The van der Waals surface area contributed by atoms with Crippen LogP contribution in [0.1, 0.15) is 49.5 Å². The number of nitrogens with one attached hydrogen (secondary N) is 1. The second-order valence-electron chi connectivity index (χ2n) is 7.98. The van der Waals surface area contributed by atoms with Gasteiger partial charge < -0.3 is 4.90 Å². The van der Waals surface area contributed by atoms with Crippen molar-refractivity contribution < 1.29 is 13.2 Å². The maximum atomic E-state index is 13.2. The van der Waals surface area contributed by atoms with E-state index in [0.717, 1.165) is 5.69 Å². The Bertz CT molecular complexity index is 961. The van der Waals surface area contributed by atoms with Crippen LogP contribution in [-0.4, -0.2) is 26.6 Å². The minimum absolute atomic E-state index is 0.0159. The van der Waals surface area contributed by atoms with Crippen molar-refractivity contribution in [2.45, 2.75) is 33.6 Å². The first-order chi connectivity index (χ1) is 12.6. The van der Waals surface area contributed by atoms with Crippen LogP contribution in [-0.2, 0) is 10.0 Å². The molecule has 0 saturated heterocycles. The lowest BCUT2D eigenvalue weighted by Gasteiger charge is -2.27. The van der Waals surface area contributed by atoms with Crippen LogP contribution in [0.15, 0.2) is 48.5 Å². The van der Waals surface area contributed by atoms with Crippen molar-refractivity contribution >= 4 is 27.3 Å². The predicted molar refractivity (Wildman–Crippen MR) is 110 cm³/mol. The first-order valence-corrected chi connectivity index (χ1v) is 10.8. The third kappa shape index (κ3) is 4.00. The third-order valence-electron chi connectivity index (χ3n) is 5.02. The number of amides is 1. The summed E-state index contributed by atoms with van der Waals surface area (Å²) in [6, 6.07) is 14.7. The number of nitrogens with zero attached hydrogens (tertiary/aromatic N) is 1. The number of sulfonamides is 1. The zero-order valence-electron chi connectivity index (χ0n) is 16.2. The summed E-state index contributed by atoms with van der Waals surface area (Å²) in [5.74, 6) is 0.115. The summed E-state index contributed by atoms with van der Waals surface area (Å²) < 4.78 is 26.1. The highest BCUT2D eigenvalue weighted by atomic mass is 32.2. The van der Waals surface area contributed by atoms with Crippen LogP contribution in [0.4, 0.5) is 11.4 Å². The standard InChI is InChI=1S/C21H26N2O3S/c1-5-27(25,26)22-16-10-8-9-15(13-16)20(24)23-14-18(21(2,3)4)17-11-6-7-12-19(17)23/h6-13,18,22H,5,14H2,1-4H3. The molecule has 1 unspecified atom stereocenters. The van der Waals surface area contributed by atoms with Crippen molar-refractivity contribution in [3.05, 3.63) is 59.7 Å². The molecule has 0 spiro atoms. The molecule has 0 aliphatic carbocycles. The second kappa shape index (κ2) is 7.00. The van der Waals surface area contributed by atoms with Crippen molar-refractivity contribution in [1.29, 1.82) is 0 Å². The highest BCUT2D eigenvalue weighted by Crippen LogP contribution is 2.45. The maximum Gasteiger partial charge on any atom is 0.258 e. The van der Waals surface area contributed by atoms with Gasteiger partial charge in [-0.15, -0.1) is 0 Å². The molecule has 5 nitrogen and oxygen atoms in total. The van der Waals surface area contributed by atoms with E-state index in [2.05, 4.69) is 31.6 Å². The van der Waals surface area contributed by atoms with E-state index in [-0.39, 0.29) is 23.0 Å². The summed E-state index contributed by atoms with van der Waals surface area (Å²) >= 11 is 0. The Morgan fingerprint density at radius 2 is 1.85 bits per heavy atom. The van der Waals surface area contributed by atoms with Gasteiger partial charge in [0.25, 0.3) is 5.91 Å². The van der Waals surface area contributed by atoms with E-state index in [1.165, 1.54) is 5.56 Å². The minimum Gasteiger partial charge on any atom is -0.307 e. The fourth-order valence-electron chi connectivity index (χ4n) is 3.46. The van der Waals surface area contributed by atoms with Gasteiger partial charge in [-0.3, -0.25) is 9.52 Å². The highest BCUT2D eigenvalue weighted by molar-refractivity contribution is 7.92. The molecule has 0 saturated carbocycles. The molecule has 0 bridgehead atoms. The Labute approximate surface area is 161 Å². The largest absolute Gasteiger partial charge is 0.307 e. The van der Waals surface area contributed by atoms with Crippen molar-refractivity contribution in [1.82, 2.24) is 0 Å². The van der Waals surface area contributed by atoms with Gasteiger partial charge in [-0.1, -0.05) is 45.0 Å². The molecule has 6 heteroatoms. The van der Waals surface area contributed by atoms with E-state index >= 15 is 0 Å². The van der Waals surface area contributed by atoms with Gasteiger partial charge in [0.1, 0.15) is 0 Å². The number of anilines is 2. The molecule has 1 amide bonds. The number of hydrogen-bond acceptors (Lipinski definition) is 3. The molecule has 2 aromatic carbocycles. The average molecular weight is 387 g/mol. The van der Waals surface area contributed by atoms with E-state index in [9.17, 15) is 13.2 Å². The molecular weight excluding hydrogens is 360 g/mol. The smallest absolute Gasteiger partial charge is 0.258 e. The first kappa shape index (κ1) is 19.4. The topological polar surface area (TPSA) is 66.5 Å². The third-order valence-corrected chi connectivity index (χ3v) is 6.33. The summed E-state index contributed by atoms with van der Waals surface area (Å²) in [4.78, 5) is 15.0. The summed E-state index contributed by atoms with van der Waals surface area (Å²) in [5.41, 5.74) is 3.02. The predicted octanol–water partition coefficient (Wildman–Crippen LogP) is 4.24. The molecule has 3 rings (SSSR count). The Morgan fingerprint density at radius 1 is 1.15 bits per heavy atom. The molecule has 0 fully saturated rings. The van der Waals surface area contributed by atoms with Crippen LogP contribution < -0.4 is 9.62 Å². The highest BCUT2D eigenvalue weighted by Gasteiger charge is 2.38. The minimum atomic E-state index is -3.39. The summed E-state index contributed by atoms with van der Waals surface area (Å²) in [6.45, 7) is 8.74. The molecular formula is C21H26N2O3S. The molecule has 1 atom stereocenters. The van der Waals surface area contributed by atoms with Crippen LogP contribution in [0.5, 0.6) is 0 Å². The molecule has 1 aliphatic rings. The van der Waals surface area contributed by atoms with Gasteiger partial charge >= 0.3 is 0 Å². The van der Waals surface area contributed by atoms with Gasteiger partial charge in [0.2, 0.25) is 10.0 Å². The number of carbonyl (C=O) groups excluding carboxylic acids is 1. The normalized spacial score (nSPS) is 16.9. The zero-order valence-corrected chi connectivity index (χ0v) is 17.0. The first-order valence-electron chi connectivity index (χ1n) is 9.14. The van der Waals surface area contributed by atoms with Crippen molar-refractivity contribution in [2.75, 3.05) is 21.9 Å². The van der Waals surface area contributed by atoms with Crippen LogP contribution in [0.25, 0.3) is 0 Å². The summed E-state index contributed by atoms with van der Waals surface area (Å²) in [6.07, 6.45) is 0. The quantitative estimate of drug-likeness (QED) is 0.855. The zero-order chi connectivity index (χ0) is 19.8. The molecule has 1 aliphatic heterocycles. The van der Waals surface area contributed by atoms with Crippen molar-refractivity contribution in [3.8, 4) is 0 Å². The number of rotatable bonds is 4. The van der Waals surface area contributed by atoms with Gasteiger partial charge in [0, 0.05) is 29.4 Å². The summed E-state index contributed by atoms with van der Waals surface area (Å²) in [7, 11) is -3.39. The second-order valence-corrected chi connectivity index (χ2v) is 9.99. The molecule has 144 valence electrons. The Hall–Kier alpha value is -2.34. The van der Waals surface area contributed by atoms with Crippen LogP contribution in [0, 0.1) is 5.41 Å². The molecule has 1 N–H and O–H groups in total. The van der Waals surface area contributed by atoms with Crippen LogP contribution in [0.3, 0.4) is 0 Å². The molecule has 2 aromatic rings. The van der Waals surface area contributed by atoms with Crippen molar-refractivity contribution in [3.63, 3.8) is 0 Å². The fraction of sp³-hybridized carbons (Fsp3) is 0.381. The van der Waals surface area contributed by atoms with Gasteiger partial charge in [0.15, 0.2) is 0 Å². The lowest BCUT2D eigenvalue weighted by Crippen LogP contribution is -2.32. The van der Waals surface area contributed by atoms with E-state index in [1.807, 2.05) is 18.2 Å². The number of hydrogen-bond donors (Lipinski definition) is 1. The number of carbonyl (C=O) groups is 1. The Kier molecular flexibility index (Phi) is 5.04. The van der Waals surface area contributed by atoms with Gasteiger partial charge in [-0.2, -0.15) is 0 Å². The molecule has 27 heavy (non-hydrogen) atoms. The van der Waals surface area contributed by atoms with E-state index in [1.54, 1.807) is 36.1 Å². The lowest BCUT2D eigenvalue weighted by molar-refractivity contribution is 0.0986. The lowest BCUT2D eigenvalue weighted by atomic mass is 9.78. The summed E-state index contributed by atoms with van der Waals surface area (Å²) in [5, 5.41) is 0. The molecule has 1 heterocycles. The maximum absolute atomic E-state index is 13.2. The Morgan fingerprint density at radius 3 is 2.52 bits per heavy atom. The van der Waals surface area contributed by atoms with E-state index in [0.29, 0.717) is 17.8 Å². The SMILES string of the molecule is CCS(=O)(=O)Nc1cccc(C(=O)N2CC(C(C)(C)C)c3ccccc32)c1. The van der Waals surface area contributed by atoms with Gasteiger partial charge in [-0.25, -0.2) is 8.42 Å². The molecule has 0 radical (unpaired) electrons. The van der Waals surface area contributed by atoms with E-state index in [4.69, 9.17) is 0 Å². The number of fused-ring (bicyclic) bond motifs is 1. The monoisotopic (exact) mass is 386 g/mol. The van der Waals surface area contributed by atoms with Gasteiger partial charge in [-0.05, 0) is 42.2 Å². The van der Waals surface area contributed by atoms with Gasteiger partial charge in [0.05, 0.1) is 5.75 Å². The Balaban J connectivity index is 1.93. The van der Waals surface area contributed by atoms with Crippen LogP contribution in [0.2, 0.25) is 0 Å².